The lowest BCUT2D eigenvalue weighted by Gasteiger charge is -2.19. The first-order valence-corrected chi connectivity index (χ1v) is 24.4. The van der Waals surface area contributed by atoms with E-state index in [1.54, 1.807) is 12.1 Å². The first kappa shape index (κ1) is 44.6. The van der Waals surface area contributed by atoms with Gasteiger partial charge >= 0.3 is 0 Å². The summed E-state index contributed by atoms with van der Waals surface area (Å²) in [5.74, 6) is 1.60. The van der Waals surface area contributed by atoms with Gasteiger partial charge < -0.3 is 9.13 Å². The van der Waals surface area contributed by atoms with Crippen molar-refractivity contribution in [2.24, 2.45) is 0 Å². The van der Waals surface area contributed by atoms with Crippen LogP contribution in [0.15, 0.2) is 219 Å². The lowest BCUT2D eigenvalue weighted by molar-refractivity contribution is 1.07. The predicted octanol–water partition coefficient (Wildman–Crippen LogP) is 14.9. The van der Waals surface area contributed by atoms with Crippen LogP contribution in [0.2, 0.25) is 0 Å². The molecule has 10 heteroatoms. The van der Waals surface area contributed by atoms with Gasteiger partial charge in [-0.2, -0.15) is 21.0 Å². The summed E-state index contributed by atoms with van der Waals surface area (Å²) in [5, 5.41) is 43.5. The molecule has 0 spiro atoms. The highest BCUT2D eigenvalue weighted by atomic mass is 15.0. The fraction of sp³-hybridized carbons (Fsp3) is 0. The van der Waals surface area contributed by atoms with Crippen LogP contribution in [-0.2, 0) is 0 Å². The Morgan fingerprint density at radius 2 is 0.724 bits per heavy atom. The molecule has 0 amide bonds. The van der Waals surface area contributed by atoms with E-state index in [1.807, 2.05) is 134 Å². The molecule has 10 nitrogen and oxygen atoms in total. The zero-order valence-electron chi connectivity index (χ0n) is 40.3. The van der Waals surface area contributed by atoms with E-state index in [1.165, 1.54) is 0 Å². The first-order valence-electron chi connectivity index (χ1n) is 24.4. The average molecular weight is 969 g/mol. The van der Waals surface area contributed by atoms with Gasteiger partial charge in [-0.1, -0.05) is 109 Å². The van der Waals surface area contributed by atoms with Crippen LogP contribution in [-0.4, -0.2) is 29.1 Å². The second-order valence-corrected chi connectivity index (χ2v) is 18.4. The number of nitrogens with zero attached hydrogens (tertiary/aromatic N) is 10. The minimum atomic E-state index is 0.419. The molecule has 0 saturated heterocycles. The summed E-state index contributed by atoms with van der Waals surface area (Å²) in [6.07, 6.45) is 3.73. The molecule has 0 saturated carbocycles. The minimum absolute atomic E-state index is 0.419. The van der Waals surface area contributed by atoms with E-state index in [4.69, 9.17) is 19.9 Å². The molecule has 0 aliphatic carbocycles. The molecule has 0 radical (unpaired) electrons. The molecule has 4 aromatic heterocycles. The van der Waals surface area contributed by atoms with Gasteiger partial charge in [0.25, 0.3) is 0 Å². The van der Waals surface area contributed by atoms with E-state index in [9.17, 15) is 21.0 Å². The van der Waals surface area contributed by atoms with Gasteiger partial charge in [-0.25, -0.2) is 15.0 Å². The highest BCUT2D eigenvalue weighted by molar-refractivity contribution is 6.13. The van der Waals surface area contributed by atoms with Gasteiger partial charge in [-0.15, -0.1) is 0 Å². The van der Waals surface area contributed by atoms with E-state index >= 15 is 0 Å². The Hall–Kier alpha value is -11.3. The van der Waals surface area contributed by atoms with Gasteiger partial charge in [0.1, 0.15) is 0 Å². The Labute approximate surface area is 435 Å². The van der Waals surface area contributed by atoms with Crippen LogP contribution < -0.4 is 0 Å². The van der Waals surface area contributed by atoms with Crippen LogP contribution in [0.3, 0.4) is 0 Å². The number of rotatable bonds is 8. The van der Waals surface area contributed by atoms with Crippen molar-refractivity contribution < 1.29 is 0 Å². The Bertz CT molecular complexity index is 4570. The fourth-order valence-corrected chi connectivity index (χ4v) is 10.5. The Morgan fingerprint density at radius 3 is 1.21 bits per heavy atom. The maximum absolute atomic E-state index is 9.89. The number of pyridine rings is 1. The lowest BCUT2D eigenvalue weighted by Crippen LogP contribution is -2.04. The molecule has 0 atom stereocenters. The number of hydrogen-bond donors (Lipinski definition) is 0. The van der Waals surface area contributed by atoms with Crippen molar-refractivity contribution in [3.05, 3.63) is 241 Å². The molecule has 13 aromatic rings. The molecule has 9 aromatic carbocycles. The Balaban J connectivity index is 1.08. The van der Waals surface area contributed by atoms with Crippen LogP contribution in [0.25, 0.3) is 123 Å². The van der Waals surface area contributed by atoms with Crippen molar-refractivity contribution in [1.29, 1.82) is 21.0 Å². The molecular formula is C66H36N10. The summed E-state index contributed by atoms with van der Waals surface area (Å²) >= 11 is 0. The fourth-order valence-electron chi connectivity index (χ4n) is 10.5. The van der Waals surface area contributed by atoms with Crippen LogP contribution in [0.1, 0.15) is 22.3 Å². The first-order chi connectivity index (χ1) is 37.5. The number of para-hydroxylation sites is 2. The summed E-state index contributed by atoms with van der Waals surface area (Å²) in [4.78, 5) is 20.2. The monoisotopic (exact) mass is 968 g/mol. The number of aromatic nitrogens is 6. The van der Waals surface area contributed by atoms with Gasteiger partial charge in [-0.3, -0.25) is 4.98 Å². The summed E-state index contributed by atoms with van der Waals surface area (Å²) in [5.41, 5.74) is 14.8. The predicted molar refractivity (Wildman–Crippen MR) is 298 cm³/mol. The third kappa shape index (κ3) is 7.64. The van der Waals surface area contributed by atoms with Crippen molar-refractivity contribution in [3.8, 4) is 103 Å². The van der Waals surface area contributed by atoms with Gasteiger partial charge in [-0.05, 0) is 119 Å². The van der Waals surface area contributed by atoms with Crippen molar-refractivity contribution in [1.82, 2.24) is 29.1 Å². The standard InChI is InChI=1S/C66H36N10/c67-36-41-27-42(37-68)30-50(29-41)47-19-22-60-55(33-47)52-15-7-9-17-58(52)75(60)61-24-21-49(66-73-64(45-11-3-1-4-12-45)72-65(74-66)46-13-5-2-6-14-46)35-57(61)54-25-26-71-40-63(54)76-59-18-10-8-16-53(59)56-34-48(20-23-62(56)76)51-31-43(38-69)28-44(32-51)39-70/h1-35,40H. The number of benzene rings is 9. The molecule has 0 N–H and O–H groups in total. The summed E-state index contributed by atoms with van der Waals surface area (Å²) in [6, 6.07) is 76.9. The van der Waals surface area contributed by atoms with Crippen LogP contribution in [0, 0.1) is 45.3 Å². The highest BCUT2D eigenvalue weighted by Crippen LogP contribution is 2.43. The van der Waals surface area contributed by atoms with Gasteiger partial charge in [0.15, 0.2) is 17.5 Å². The van der Waals surface area contributed by atoms with E-state index in [0.29, 0.717) is 39.7 Å². The van der Waals surface area contributed by atoms with Crippen molar-refractivity contribution in [3.63, 3.8) is 0 Å². The summed E-state index contributed by atoms with van der Waals surface area (Å²) in [6.45, 7) is 0. The third-order valence-electron chi connectivity index (χ3n) is 13.9. The van der Waals surface area contributed by atoms with Gasteiger partial charge in [0, 0.05) is 55.6 Å². The summed E-state index contributed by atoms with van der Waals surface area (Å²) in [7, 11) is 0. The zero-order chi connectivity index (χ0) is 51.3. The van der Waals surface area contributed by atoms with Crippen LogP contribution >= 0.6 is 0 Å². The Kier molecular flexibility index (Phi) is 10.8. The van der Waals surface area contributed by atoms with E-state index in [0.717, 1.165) is 105 Å². The van der Waals surface area contributed by atoms with E-state index in [-0.39, 0.29) is 0 Å². The second kappa shape index (κ2) is 18.4. The minimum Gasteiger partial charge on any atom is -0.309 e. The van der Waals surface area contributed by atoms with Crippen LogP contribution in [0.4, 0.5) is 0 Å². The normalized spacial score (nSPS) is 11.1. The molecule has 4 heterocycles. The molecule has 0 aliphatic heterocycles. The average Bonchev–Trinajstić information content (AvgIpc) is 4.10. The van der Waals surface area contributed by atoms with Gasteiger partial charge in [0.2, 0.25) is 0 Å². The SMILES string of the molecule is N#Cc1cc(C#N)cc(-c2ccc3c(c2)c2ccccc2n3-c2ccc(-c3nc(-c4ccccc4)nc(-c4ccccc4)n3)cc2-c2ccncc2-n2c3ccccc3c3cc(-c4cc(C#N)cc(C#N)c4)ccc32)c1. The number of nitriles is 4. The maximum atomic E-state index is 9.89. The third-order valence-corrected chi connectivity index (χ3v) is 13.9. The zero-order valence-corrected chi connectivity index (χ0v) is 40.3. The molecule has 0 unspecified atom stereocenters. The van der Waals surface area contributed by atoms with Crippen molar-refractivity contribution in [2.45, 2.75) is 0 Å². The molecule has 13 rings (SSSR count). The highest BCUT2D eigenvalue weighted by Gasteiger charge is 2.23. The molecular weight excluding hydrogens is 933 g/mol. The van der Waals surface area contributed by atoms with Crippen molar-refractivity contribution in [2.75, 3.05) is 0 Å². The van der Waals surface area contributed by atoms with E-state index in [2.05, 4.69) is 106 Å². The quantitative estimate of drug-likeness (QED) is 0.146. The number of hydrogen-bond acceptors (Lipinski definition) is 8. The van der Waals surface area contributed by atoms with Gasteiger partial charge in [0.05, 0.1) is 86.2 Å². The molecule has 350 valence electrons. The Morgan fingerprint density at radius 1 is 0.303 bits per heavy atom. The van der Waals surface area contributed by atoms with Crippen LogP contribution in [0.5, 0.6) is 0 Å². The van der Waals surface area contributed by atoms with Crippen molar-refractivity contribution >= 4 is 43.6 Å². The topological polar surface area (TPSA) is 157 Å². The molecule has 0 bridgehead atoms. The van der Waals surface area contributed by atoms with E-state index < -0.39 is 0 Å². The summed E-state index contributed by atoms with van der Waals surface area (Å²) < 4.78 is 4.55. The molecule has 0 fully saturated rings. The maximum Gasteiger partial charge on any atom is 0.164 e. The molecule has 0 aliphatic rings. The second-order valence-electron chi connectivity index (χ2n) is 18.4. The number of fused-ring (bicyclic) bond motifs is 6. The largest absolute Gasteiger partial charge is 0.309 e. The lowest BCUT2D eigenvalue weighted by atomic mass is 9.98. The molecule has 76 heavy (non-hydrogen) atoms. The smallest absolute Gasteiger partial charge is 0.164 e.